The van der Waals surface area contributed by atoms with E-state index in [1.165, 1.54) is 11.9 Å². The Kier molecular flexibility index (Phi) is 12.6. The van der Waals surface area contributed by atoms with E-state index < -0.39 is 9.14 Å². The standard InChI is InChI=1S/C7H9N.C3H2Br2N2O.CH3Cl/c8-6-7-4-2-1-3-5-7;4-3(5,1-6)2(7)8;1-2/h1-5H,6,8H2;(H2,7,8);1H3/p+1. The third kappa shape index (κ3) is 9.42. The van der Waals surface area contributed by atoms with Crippen LogP contribution in [0.4, 0.5) is 0 Å². The number of primary amides is 1. The Balaban J connectivity index is 0. The molecule has 0 unspecified atom stereocenters. The van der Waals surface area contributed by atoms with Crippen LogP contribution in [0.5, 0.6) is 0 Å². The van der Waals surface area contributed by atoms with Crippen LogP contribution in [-0.2, 0) is 11.3 Å². The summed E-state index contributed by atoms with van der Waals surface area (Å²) in [5.74, 6) is -0.750. The minimum absolute atomic E-state index is 0.750. The fraction of sp³-hybridized carbons (Fsp3) is 0.273. The molecule has 5 N–H and O–H groups in total. The molecule has 0 aliphatic rings. The van der Waals surface area contributed by atoms with Gasteiger partial charge in [-0.1, -0.05) is 30.3 Å². The van der Waals surface area contributed by atoms with Gasteiger partial charge in [-0.25, -0.2) is 0 Å². The van der Waals surface area contributed by atoms with Crippen LogP contribution in [0.2, 0.25) is 0 Å². The van der Waals surface area contributed by atoms with Gasteiger partial charge in [-0.05, 0) is 31.9 Å². The summed E-state index contributed by atoms with van der Waals surface area (Å²) in [5, 5.41) is 8.12. The summed E-state index contributed by atoms with van der Waals surface area (Å²) in [6, 6.07) is 11.8. The van der Waals surface area contributed by atoms with Gasteiger partial charge in [0.1, 0.15) is 6.07 Å². The first-order valence-corrected chi connectivity index (χ1v) is 7.08. The van der Waals surface area contributed by atoms with Crippen LogP contribution < -0.4 is 11.5 Å². The molecule has 0 heterocycles. The highest BCUT2D eigenvalue weighted by atomic mass is 79.9. The lowest BCUT2D eigenvalue weighted by atomic mass is 10.2. The minimum Gasteiger partial charge on any atom is -0.367 e. The number of quaternary nitrogens is 1. The number of nitrogens with two attached hydrogens (primary N) is 1. The second-order valence-electron chi connectivity index (χ2n) is 2.79. The second kappa shape index (κ2) is 11.5. The average Bonchev–Trinajstić information content (AvgIpc) is 2.42. The quantitative estimate of drug-likeness (QED) is 0.740. The summed E-state index contributed by atoms with van der Waals surface area (Å²) >= 11 is 10.1. The van der Waals surface area contributed by atoms with Crippen molar-refractivity contribution < 1.29 is 10.5 Å². The van der Waals surface area contributed by atoms with Crippen molar-refractivity contribution in [2.24, 2.45) is 5.73 Å². The molecule has 1 aromatic carbocycles. The molecule has 0 bridgehead atoms. The van der Waals surface area contributed by atoms with E-state index in [0.29, 0.717) is 0 Å². The molecule has 4 nitrogen and oxygen atoms in total. The van der Waals surface area contributed by atoms with E-state index in [1.54, 1.807) is 6.07 Å². The maximum absolute atomic E-state index is 10.2. The van der Waals surface area contributed by atoms with E-state index in [4.69, 9.17) is 11.0 Å². The third-order valence-electron chi connectivity index (χ3n) is 1.58. The predicted molar refractivity (Wildman–Crippen MR) is 80.2 cm³/mol. The number of hydrogen-bond acceptors (Lipinski definition) is 2. The number of carbonyl (C=O) groups excluding carboxylic acids is 1. The number of benzene rings is 1. The molecule has 0 atom stereocenters. The van der Waals surface area contributed by atoms with Crippen molar-refractivity contribution >= 4 is 49.4 Å². The fourth-order valence-corrected chi connectivity index (χ4v) is 0.700. The fourth-order valence-electron chi connectivity index (χ4n) is 0.700. The van der Waals surface area contributed by atoms with Crippen LogP contribution in [0.15, 0.2) is 30.3 Å². The molecule has 0 aromatic heterocycles. The van der Waals surface area contributed by atoms with Crippen molar-refractivity contribution in [3.63, 3.8) is 0 Å². The Hall–Kier alpha value is -0.610. The zero-order valence-electron chi connectivity index (χ0n) is 9.87. The largest absolute Gasteiger partial charge is 0.367 e. The highest BCUT2D eigenvalue weighted by molar-refractivity contribution is 9.26. The number of hydrogen-bond donors (Lipinski definition) is 2. The number of alkyl halides is 3. The summed E-state index contributed by atoms with van der Waals surface area (Å²) in [7, 11) is 0. The van der Waals surface area contributed by atoms with Crippen molar-refractivity contribution in [3.05, 3.63) is 35.9 Å². The van der Waals surface area contributed by atoms with Crippen LogP contribution in [-0.4, -0.2) is 15.5 Å². The smallest absolute Gasteiger partial charge is 0.259 e. The van der Waals surface area contributed by atoms with Crippen LogP contribution in [0.3, 0.4) is 0 Å². The Labute approximate surface area is 129 Å². The van der Waals surface area contributed by atoms with Crippen molar-refractivity contribution in [2.75, 3.05) is 6.38 Å². The van der Waals surface area contributed by atoms with Crippen LogP contribution in [0, 0.1) is 11.3 Å². The molecule has 0 saturated heterocycles. The molecule has 1 amide bonds. The Bertz CT molecular complexity index is 380. The number of rotatable bonds is 2. The Morgan fingerprint density at radius 1 is 1.44 bits per heavy atom. The van der Waals surface area contributed by atoms with Gasteiger partial charge < -0.3 is 11.5 Å². The molecular weight excluding hydrogens is 385 g/mol. The molecular formula is C11H15Br2ClN3O+. The van der Waals surface area contributed by atoms with Crippen LogP contribution >= 0.6 is 43.5 Å². The van der Waals surface area contributed by atoms with Gasteiger partial charge in [-0.3, -0.25) is 4.79 Å². The number of carbonyl (C=O) groups is 1. The van der Waals surface area contributed by atoms with Crippen molar-refractivity contribution in [1.82, 2.24) is 0 Å². The van der Waals surface area contributed by atoms with Crippen molar-refractivity contribution in [2.45, 2.75) is 9.78 Å². The van der Waals surface area contributed by atoms with Gasteiger partial charge in [0.05, 0.1) is 6.54 Å². The highest BCUT2D eigenvalue weighted by Gasteiger charge is 2.28. The van der Waals surface area contributed by atoms with E-state index >= 15 is 0 Å². The molecule has 0 saturated carbocycles. The second-order valence-corrected chi connectivity index (χ2v) is 6.23. The molecule has 0 spiro atoms. The summed E-state index contributed by atoms with van der Waals surface area (Å²) in [6.07, 6.45) is 1.47. The first-order valence-electron chi connectivity index (χ1n) is 4.74. The van der Waals surface area contributed by atoms with Crippen LogP contribution in [0.1, 0.15) is 5.56 Å². The molecule has 0 aliphatic heterocycles. The van der Waals surface area contributed by atoms with E-state index in [0.717, 1.165) is 6.54 Å². The summed E-state index contributed by atoms with van der Waals surface area (Å²) in [5.41, 5.74) is 9.78. The number of nitrogens with zero attached hydrogens (tertiary/aromatic N) is 1. The Morgan fingerprint density at radius 2 is 1.89 bits per heavy atom. The molecule has 0 fully saturated rings. The Morgan fingerprint density at radius 3 is 2.06 bits per heavy atom. The first kappa shape index (κ1) is 19.7. The summed E-state index contributed by atoms with van der Waals surface area (Å²) in [4.78, 5) is 10.2. The topological polar surface area (TPSA) is 94.5 Å². The van der Waals surface area contributed by atoms with E-state index in [-0.39, 0.29) is 0 Å². The normalized spacial score (nSPS) is 8.89. The molecule has 7 heteroatoms. The number of amides is 1. The van der Waals surface area contributed by atoms with Crippen LogP contribution in [0.25, 0.3) is 0 Å². The van der Waals surface area contributed by atoms with Gasteiger partial charge in [0.25, 0.3) is 5.91 Å². The molecule has 0 radical (unpaired) electrons. The van der Waals surface area contributed by atoms with E-state index in [2.05, 4.69) is 61.3 Å². The zero-order valence-corrected chi connectivity index (χ0v) is 13.8. The van der Waals surface area contributed by atoms with Gasteiger partial charge >= 0.3 is 0 Å². The highest BCUT2D eigenvalue weighted by Crippen LogP contribution is 2.23. The van der Waals surface area contributed by atoms with E-state index in [9.17, 15) is 4.79 Å². The SMILES string of the molecule is CCl.N#CC(Br)(Br)C(N)=O.[NH3+]Cc1ccccc1. The molecule has 100 valence electrons. The lowest BCUT2D eigenvalue weighted by Crippen LogP contribution is -2.47. The molecule has 0 aliphatic carbocycles. The molecule has 1 rings (SSSR count). The van der Waals surface area contributed by atoms with Crippen molar-refractivity contribution in [3.8, 4) is 6.07 Å². The lowest BCUT2D eigenvalue weighted by Gasteiger charge is -2.01. The van der Waals surface area contributed by atoms with Gasteiger partial charge in [0.2, 0.25) is 3.23 Å². The number of nitriles is 1. The first-order chi connectivity index (χ1) is 8.44. The molecule has 18 heavy (non-hydrogen) atoms. The van der Waals surface area contributed by atoms with Gasteiger partial charge in [-0.2, -0.15) is 5.26 Å². The van der Waals surface area contributed by atoms with Gasteiger partial charge in [0.15, 0.2) is 0 Å². The average molecular weight is 401 g/mol. The van der Waals surface area contributed by atoms with Gasteiger partial charge in [0, 0.05) is 11.9 Å². The summed E-state index contributed by atoms with van der Waals surface area (Å²) < 4.78 is -1.39. The maximum atomic E-state index is 10.2. The summed E-state index contributed by atoms with van der Waals surface area (Å²) in [6.45, 7) is 0.890. The molecule has 1 aromatic rings. The van der Waals surface area contributed by atoms with Crippen molar-refractivity contribution in [1.29, 1.82) is 5.26 Å². The minimum atomic E-state index is -1.39. The third-order valence-corrected chi connectivity index (χ3v) is 2.72. The maximum Gasteiger partial charge on any atom is 0.259 e. The number of halogens is 3. The lowest BCUT2D eigenvalue weighted by molar-refractivity contribution is -0.386. The zero-order chi connectivity index (χ0) is 14.6. The van der Waals surface area contributed by atoms with E-state index in [1.807, 2.05) is 18.2 Å². The predicted octanol–water partition coefficient (Wildman–Crippen LogP) is 1.76. The van der Waals surface area contributed by atoms with Gasteiger partial charge in [-0.15, -0.1) is 11.6 Å². The monoisotopic (exact) mass is 398 g/mol.